The molecule has 2 heterocycles. The van der Waals surface area contributed by atoms with E-state index in [1.165, 1.54) is 23.0 Å². The van der Waals surface area contributed by atoms with Gasteiger partial charge in [-0.2, -0.15) is 13.2 Å². The Morgan fingerprint density at radius 1 is 0.818 bits per heavy atom. The molecule has 0 N–H and O–H groups in total. The number of halogens is 4. The fraction of sp³-hybridized carbons (Fsp3) is 0.0417. The summed E-state index contributed by atoms with van der Waals surface area (Å²) in [5.41, 5.74) is 0.900. The van der Waals surface area contributed by atoms with Gasteiger partial charge < -0.3 is 0 Å². The molecule has 0 amide bonds. The van der Waals surface area contributed by atoms with Crippen LogP contribution in [0.1, 0.15) is 5.56 Å². The molecule has 0 aliphatic carbocycles. The van der Waals surface area contributed by atoms with Crippen molar-refractivity contribution in [1.82, 2.24) is 19.1 Å². The zero-order valence-electron chi connectivity index (χ0n) is 16.8. The van der Waals surface area contributed by atoms with Crippen LogP contribution >= 0.6 is 15.9 Å². The van der Waals surface area contributed by atoms with Gasteiger partial charge in [0.05, 0.1) is 11.3 Å². The van der Waals surface area contributed by atoms with Gasteiger partial charge in [0.15, 0.2) is 11.2 Å². The van der Waals surface area contributed by atoms with E-state index in [2.05, 4.69) is 20.9 Å². The third-order valence-electron chi connectivity index (χ3n) is 5.16. The van der Waals surface area contributed by atoms with Crippen molar-refractivity contribution >= 4 is 27.1 Å². The second kappa shape index (κ2) is 8.00. The lowest BCUT2D eigenvalue weighted by Crippen LogP contribution is -2.22. The smallest absolute Gasteiger partial charge is 0.283 e. The highest BCUT2D eigenvalue weighted by Crippen LogP contribution is 2.31. The molecule has 0 saturated heterocycles. The van der Waals surface area contributed by atoms with Crippen LogP contribution in [0, 0.1) is 0 Å². The standard InChI is InChI=1S/C24H14BrF3N4O/c25-17-10-12-19(13-11-17)32-21(15-6-8-16(9-7-15)24(26,27)28)30-22-20(23(32)33)29-14-31(22)18-4-2-1-3-5-18/h1-14H. The van der Waals surface area contributed by atoms with Crippen molar-refractivity contribution in [3.05, 3.63) is 106 Å². The quantitative estimate of drug-likeness (QED) is 0.298. The molecule has 0 bridgehead atoms. The summed E-state index contributed by atoms with van der Waals surface area (Å²) in [6, 6.07) is 20.8. The van der Waals surface area contributed by atoms with Gasteiger partial charge in [0.2, 0.25) is 0 Å². The lowest BCUT2D eigenvalue weighted by Gasteiger charge is -2.14. The molecule has 164 valence electrons. The molecule has 5 nitrogen and oxygen atoms in total. The van der Waals surface area contributed by atoms with E-state index in [1.54, 1.807) is 28.8 Å². The normalized spacial score (nSPS) is 11.8. The highest BCUT2D eigenvalue weighted by molar-refractivity contribution is 9.10. The Balaban J connectivity index is 1.80. The van der Waals surface area contributed by atoms with Crippen molar-refractivity contribution < 1.29 is 13.2 Å². The van der Waals surface area contributed by atoms with E-state index in [0.717, 1.165) is 22.3 Å². The fourth-order valence-corrected chi connectivity index (χ4v) is 3.83. The van der Waals surface area contributed by atoms with Crippen LogP contribution < -0.4 is 5.56 Å². The zero-order valence-corrected chi connectivity index (χ0v) is 18.4. The molecule has 0 atom stereocenters. The summed E-state index contributed by atoms with van der Waals surface area (Å²) >= 11 is 3.37. The minimum Gasteiger partial charge on any atom is -0.283 e. The molecule has 0 fully saturated rings. The van der Waals surface area contributed by atoms with Crippen LogP contribution in [-0.2, 0) is 6.18 Å². The second-order valence-electron chi connectivity index (χ2n) is 7.25. The Bertz CT molecular complexity index is 1510. The summed E-state index contributed by atoms with van der Waals surface area (Å²) in [5, 5.41) is 0. The number of benzene rings is 3. The fourth-order valence-electron chi connectivity index (χ4n) is 3.56. The number of alkyl halides is 3. The first kappa shape index (κ1) is 21.1. The molecule has 33 heavy (non-hydrogen) atoms. The zero-order chi connectivity index (χ0) is 23.2. The number of aromatic nitrogens is 4. The molecular weight excluding hydrogens is 497 g/mol. The van der Waals surface area contributed by atoms with Crippen LogP contribution in [0.15, 0.2) is 94.5 Å². The predicted molar refractivity (Wildman–Crippen MR) is 123 cm³/mol. The number of fused-ring (bicyclic) bond motifs is 1. The van der Waals surface area contributed by atoms with Crippen LogP contribution in [0.25, 0.3) is 33.9 Å². The van der Waals surface area contributed by atoms with Crippen LogP contribution in [0.4, 0.5) is 13.2 Å². The van der Waals surface area contributed by atoms with E-state index >= 15 is 0 Å². The SMILES string of the molecule is O=c1c2ncn(-c3ccccc3)c2nc(-c2ccc(C(F)(F)F)cc2)n1-c1ccc(Br)cc1. The molecule has 2 aromatic heterocycles. The van der Waals surface area contributed by atoms with Gasteiger partial charge in [-0.25, -0.2) is 9.97 Å². The van der Waals surface area contributed by atoms with E-state index in [0.29, 0.717) is 16.9 Å². The summed E-state index contributed by atoms with van der Waals surface area (Å²) in [6.07, 6.45) is -2.95. The average Bonchev–Trinajstić information content (AvgIpc) is 3.24. The maximum Gasteiger partial charge on any atom is 0.416 e. The maximum absolute atomic E-state index is 13.5. The highest BCUT2D eigenvalue weighted by Gasteiger charge is 2.30. The van der Waals surface area contributed by atoms with Gasteiger partial charge in [0.1, 0.15) is 12.2 Å². The van der Waals surface area contributed by atoms with Crippen molar-refractivity contribution in [2.45, 2.75) is 6.18 Å². The van der Waals surface area contributed by atoms with E-state index < -0.39 is 17.3 Å². The van der Waals surface area contributed by atoms with E-state index in [-0.39, 0.29) is 11.3 Å². The summed E-state index contributed by atoms with van der Waals surface area (Å²) < 4.78 is 43.1. The summed E-state index contributed by atoms with van der Waals surface area (Å²) in [5.74, 6) is 0.209. The summed E-state index contributed by atoms with van der Waals surface area (Å²) in [4.78, 5) is 22.5. The second-order valence-corrected chi connectivity index (χ2v) is 8.17. The molecule has 0 saturated carbocycles. The lowest BCUT2D eigenvalue weighted by molar-refractivity contribution is -0.137. The third kappa shape index (κ3) is 3.84. The Kier molecular flexibility index (Phi) is 5.13. The topological polar surface area (TPSA) is 52.7 Å². The molecular formula is C24H14BrF3N4O. The summed E-state index contributed by atoms with van der Waals surface area (Å²) in [7, 11) is 0. The Hall–Kier alpha value is -3.72. The predicted octanol–water partition coefficient (Wildman–Crippen LogP) is 6.02. The van der Waals surface area contributed by atoms with Crippen molar-refractivity contribution in [2.24, 2.45) is 0 Å². The van der Waals surface area contributed by atoms with Gasteiger partial charge in [-0.15, -0.1) is 0 Å². The first-order valence-corrected chi connectivity index (χ1v) is 10.6. The first-order chi connectivity index (χ1) is 15.8. The van der Waals surface area contributed by atoms with Gasteiger partial charge in [-0.05, 0) is 48.5 Å². The minimum atomic E-state index is -4.47. The molecule has 0 radical (unpaired) electrons. The van der Waals surface area contributed by atoms with Gasteiger partial charge >= 0.3 is 6.18 Å². The van der Waals surface area contributed by atoms with Crippen molar-refractivity contribution in [1.29, 1.82) is 0 Å². The number of nitrogens with zero attached hydrogens (tertiary/aromatic N) is 4. The highest BCUT2D eigenvalue weighted by atomic mass is 79.9. The van der Waals surface area contributed by atoms with Crippen molar-refractivity contribution in [2.75, 3.05) is 0 Å². The van der Waals surface area contributed by atoms with E-state index in [9.17, 15) is 18.0 Å². The van der Waals surface area contributed by atoms with Gasteiger partial charge in [0.25, 0.3) is 5.56 Å². The monoisotopic (exact) mass is 510 g/mol. The van der Waals surface area contributed by atoms with Crippen LogP contribution in [-0.4, -0.2) is 19.1 Å². The van der Waals surface area contributed by atoms with Gasteiger partial charge in [-0.3, -0.25) is 13.9 Å². The molecule has 5 rings (SSSR count). The van der Waals surface area contributed by atoms with E-state index in [4.69, 9.17) is 4.98 Å². The molecule has 0 spiro atoms. The Morgan fingerprint density at radius 2 is 1.48 bits per heavy atom. The molecule has 5 aromatic rings. The largest absolute Gasteiger partial charge is 0.416 e. The molecule has 0 aliphatic heterocycles. The van der Waals surface area contributed by atoms with E-state index in [1.807, 2.05) is 30.3 Å². The number of para-hydroxylation sites is 1. The van der Waals surface area contributed by atoms with Crippen molar-refractivity contribution in [3.63, 3.8) is 0 Å². The Morgan fingerprint density at radius 3 is 2.12 bits per heavy atom. The maximum atomic E-state index is 13.5. The number of hydrogen-bond donors (Lipinski definition) is 0. The average molecular weight is 511 g/mol. The minimum absolute atomic E-state index is 0.150. The molecule has 0 aliphatic rings. The number of rotatable bonds is 3. The number of imidazole rings is 1. The van der Waals surface area contributed by atoms with Gasteiger partial charge in [-0.1, -0.05) is 46.3 Å². The molecule has 3 aromatic carbocycles. The Labute approximate surface area is 193 Å². The van der Waals surface area contributed by atoms with Crippen LogP contribution in [0.5, 0.6) is 0 Å². The molecule has 0 unspecified atom stereocenters. The van der Waals surface area contributed by atoms with Crippen LogP contribution in [0.3, 0.4) is 0 Å². The number of hydrogen-bond acceptors (Lipinski definition) is 3. The summed E-state index contributed by atoms with van der Waals surface area (Å²) in [6.45, 7) is 0. The van der Waals surface area contributed by atoms with Crippen LogP contribution in [0.2, 0.25) is 0 Å². The first-order valence-electron chi connectivity index (χ1n) is 9.82. The van der Waals surface area contributed by atoms with Gasteiger partial charge in [0, 0.05) is 15.7 Å². The molecule has 9 heteroatoms. The lowest BCUT2D eigenvalue weighted by atomic mass is 10.1. The third-order valence-corrected chi connectivity index (χ3v) is 5.69. The van der Waals surface area contributed by atoms with Crippen molar-refractivity contribution in [3.8, 4) is 22.8 Å².